The van der Waals surface area contributed by atoms with E-state index in [4.69, 9.17) is 0 Å². The summed E-state index contributed by atoms with van der Waals surface area (Å²) < 4.78 is 2.02. The van der Waals surface area contributed by atoms with Crippen molar-refractivity contribution in [3.05, 3.63) is 107 Å². The van der Waals surface area contributed by atoms with E-state index in [1.807, 2.05) is 59.3 Å². The van der Waals surface area contributed by atoms with Crippen LogP contribution in [0.2, 0.25) is 0 Å². The molecule has 0 aliphatic heterocycles. The third kappa shape index (κ3) is 3.14. The molecule has 0 saturated heterocycles. The van der Waals surface area contributed by atoms with Crippen molar-refractivity contribution in [1.29, 1.82) is 10.5 Å². The summed E-state index contributed by atoms with van der Waals surface area (Å²) in [5.74, 6) is 0. The highest BCUT2D eigenvalue weighted by molar-refractivity contribution is 5.80. The van der Waals surface area contributed by atoms with Crippen molar-refractivity contribution < 1.29 is 5.11 Å². The molecule has 0 saturated carbocycles. The molecule has 1 aromatic heterocycles. The fraction of sp³-hybridized carbons (Fsp3) is 0.0833. The van der Waals surface area contributed by atoms with Crippen molar-refractivity contribution in [3.63, 3.8) is 0 Å². The molecule has 0 fully saturated rings. The van der Waals surface area contributed by atoms with Gasteiger partial charge in [0.05, 0.1) is 29.3 Å². The van der Waals surface area contributed by atoms with Gasteiger partial charge in [-0.25, -0.2) is 0 Å². The third-order valence-electron chi connectivity index (χ3n) is 4.94. The first kappa shape index (κ1) is 17.5. The van der Waals surface area contributed by atoms with E-state index < -0.39 is 12.1 Å². The minimum Gasteiger partial charge on any atom is -0.386 e. The van der Waals surface area contributed by atoms with Crippen LogP contribution in [0.4, 0.5) is 0 Å². The monoisotopic (exact) mass is 363 g/mol. The molecule has 0 bridgehead atoms. The summed E-state index contributed by atoms with van der Waals surface area (Å²) in [6, 6.07) is 28.1. The predicted octanol–water partition coefficient (Wildman–Crippen LogP) is 4.71. The van der Waals surface area contributed by atoms with E-state index in [0.717, 1.165) is 16.5 Å². The average molecular weight is 363 g/mol. The standard InChI is InChI=1S/C24H17N3O/c25-15-17-5-3-8-20(13-17)23(24(28)21-9-4-6-18(14-21)16-26)27-12-11-19-7-1-2-10-22(19)27/h1-14,23-24,28H. The lowest BCUT2D eigenvalue weighted by Crippen LogP contribution is -2.19. The molecule has 1 heterocycles. The molecule has 2 atom stereocenters. The Morgan fingerprint density at radius 3 is 2.11 bits per heavy atom. The van der Waals surface area contributed by atoms with Crippen molar-refractivity contribution >= 4 is 10.9 Å². The normalized spacial score (nSPS) is 12.8. The molecular weight excluding hydrogens is 346 g/mol. The highest BCUT2D eigenvalue weighted by Crippen LogP contribution is 2.36. The molecule has 0 aliphatic carbocycles. The molecule has 0 amide bonds. The van der Waals surface area contributed by atoms with Crippen LogP contribution in [0.5, 0.6) is 0 Å². The first-order valence-electron chi connectivity index (χ1n) is 8.95. The Morgan fingerprint density at radius 2 is 1.39 bits per heavy atom. The molecule has 0 radical (unpaired) electrons. The largest absolute Gasteiger partial charge is 0.386 e. The second-order valence-corrected chi connectivity index (χ2v) is 6.65. The molecule has 1 N–H and O–H groups in total. The van der Waals surface area contributed by atoms with Gasteiger partial charge in [0.1, 0.15) is 6.10 Å². The number of nitriles is 2. The van der Waals surface area contributed by atoms with Crippen LogP contribution in [0.1, 0.15) is 34.4 Å². The Hall–Kier alpha value is -3.86. The lowest BCUT2D eigenvalue weighted by molar-refractivity contribution is 0.133. The van der Waals surface area contributed by atoms with Crippen LogP contribution in [0.3, 0.4) is 0 Å². The number of fused-ring (bicyclic) bond motifs is 1. The Kier molecular flexibility index (Phi) is 4.64. The van der Waals surface area contributed by atoms with Crippen LogP contribution in [-0.2, 0) is 0 Å². The number of hydrogen-bond donors (Lipinski definition) is 1. The fourth-order valence-corrected chi connectivity index (χ4v) is 3.61. The number of benzene rings is 3. The van der Waals surface area contributed by atoms with Crippen LogP contribution in [-0.4, -0.2) is 9.67 Å². The quantitative estimate of drug-likeness (QED) is 0.571. The van der Waals surface area contributed by atoms with Gasteiger partial charge in [0.15, 0.2) is 0 Å². The van der Waals surface area contributed by atoms with Crippen molar-refractivity contribution in [2.75, 3.05) is 0 Å². The molecule has 2 unspecified atom stereocenters. The zero-order valence-electron chi connectivity index (χ0n) is 15.0. The first-order valence-corrected chi connectivity index (χ1v) is 8.95. The summed E-state index contributed by atoms with van der Waals surface area (Å²) in [4.78, 5) is 0. The van der Waals surface area contributed by atoms with Crippen LogP contribution >= 0.6 is 0 Å². The Labute approximate surface area is 163 Å². The topological polar surface area (TPSA) is 72.7 Å². The van der Waals surface area contributed by atoms with E-state index in [9.17, 15) is 15.6 Å². The number of aliphatic hydroxyl groups excluding tert-OH is 1. The molecule has 0 spiro atoms. The maximum atomic E-state index is 11.3. The maximum Gasteiger partial charge on any atom is 0.104 e. The molecule has 134 valence electrons. The van der Waals surface area contributed by atoms with Gasteiger partial charge in [-0.15, -0.1) is 0 Å². The number of rotatable bonds is 4. The van der Waals surface area contributed by atoms with Gasteiger partial charge < -0.3 is 9.67 Å². The Bertz CT molecular complexity index is 1230. The van der Waals surface area contributed by atoms with Crippen molar-refractivity contribution in [1.82, 2.24) is 4.57 Å². The fourth-order valence-electron chi connectivity index (χ4n) is 3.61. The highest BCUT2D eigenvalue weighted by atomic mass is 16.3. The molecule has 28 heavy (non-hydrogen) atoms. The molecule has 4 heteroatoms. The zero-order chi connectivity index (χ0) is 19.5. The van der Waals surface area contributed by atoms with E-state index in [0.29, 0.717) is 16.7 Å². The number of aliphatic hydroxyl groups is 1. The third-order valence-corrected chi connectivity index (χ3v) is 4.94. The van der Waals surface area contributed by atoms with E-state index in [1.165, 1.54) is 0 Å². The first-order chi connectivity index (χ1) is 13.7. The lowest BCUT2D eigenvalue weighted by Gasteiger charge is -2.27. The van der Waals surface area contributed by atoms with Crippen molar-refractivity contribution in [2.45, 2.75) is 12.1 Å². The zero-order valence-corrected chi connectivity index (χ0v) is 15.0. The second kappa shape index (κ2) is 7.40. The van der Waals surface area contributed by atoms with Gasteiger partial charge in [-0.1, -0.05) is 42.5 Å². The smallest absolute Gasteiger partial charge is 0.104 e. The van der Waals surface area contributed by atoms with Gasteiger partial charge in [-0.3, -0.25) is 0 Å². The molecular formula is C24H17N3O. The second-order valence-electron chi connectivity index (χ2n) is 6.65. The van der Waals surface area contributed by atoms with Gasteiger partial charge in [-0.2, -0.15) is 10.5 Å². The van der Waals surface area contributed by atoms with Gasteiger partial charge in [0.25, 0.3) is 0 Å². The Balaban J connectivity index is 1.91. The summed E-state index contributed by atoms with van der Waals surface area (Å²) in [6.07, 6.45) is 1.06. The van der Waals surface area contributed by atoms with Gasteiger partial charge in [-0.05, 0) is 52.9 Å². The molecule has 4 nitrogen and oxygen atoms in total. The van der Waals surface area contributed by atoms with Gasteiger partial charge >= 0.3 is 0 Å². The van der Waals surface area contributed by atoms with E-state index in [2.05, 4.69) is 12.1 Å². The van der Waals surface area contributed by atoms with Gasteiger partial charge in [0, 0.05) is 11.7 Å². The minimum absolute atomic E-state index is 0.442. The van der Waals surface area contributed by atoms with E-state index >= 15 is 0 Å². The van der Waals surface area contributed by atoms with E-state index in [1.54, 1.807) is 30.3 Å². The van der Waals surface area contributed by atoms with Crippen LogP contribution < -0.4 is 0 Å². The van der Waals surface area contributed by atoms with Crippen LogP contribution in [0.15, 0.2) is 85.1 Å². The maximum absolute atomic E-state index is 11.3. The number of aromatic nitrogens is 1. The highest BCUT2D eigenvalue weighted by Gasteiger charge is 2.26. The summed E-state index contributed by atoms with van der Waals surface area (Å²) in [6.45, 7) is 0. The average Bonchev–Trinajstić information content (AvgIpc) is 3.18. The summed E-state index contributed by atoms with van der Waals surface area (Å²) in [5, 5.41) is 30.9. The number of para-hydroxylation sites is 1. The predicted molar refractivity (Wildman–Crippen MR) is 107 cm³/mol. The summed E-state index contributed by atoms with van der Waals surface area (Å²) >= 11 is 0. The summed E-state index contributed by atoms with van der Waals surface area (Å²) in [5.41, 5.74) is 3.51. The number of nitrogens with zero attached hydrogens (tertiary/aromatic N) is 3. The van der Waals surface area contributed by atoms with Crippen LogP contribution in [0, 0.1) is 22.7 Å². The van der Waals surface area contributed by atoms with Crippen LogP contribution in [0.25, 0.3) is 10.9 Å². The van der Waals surface area contributed by atoms with E-state index in [-0.39, 0.29) is 0 Å². The molecule has 4 aromatic rings. The number of hydrogen-bond acceptors (Lipinski definition) is 3. The van der Waals surface area contributed by atoms with Crippen molar-refractivity contribution in [3.8, 4) is 12.1 Å². The van der Waals surface area contributed by atoms with Gasteiger partial charge in [0.2, 0.25) is 0 Å². The molecule has 0 aliphatic rings. The molecule has 4 rings (SSSR count). The van der Waals surface area contributed by atoms with Crippen molar-refractivity contribution in [2.24, 2.45) is 0 Å². The SMILES string of the molecule is N#Cc1cccc(C(O)C(c2cccc(C#N)c2)n2ccc3ccccc32)c1. The minimum atomic E-state index is -0.891. The molecule has 3 aromatic carbocycles. The summed E-state index contributed by atoms with van der Waals surface area (Å²) in [7, 11) is 0. The Morgan fingerprint density at radius 1 is 0.750 bits per heavy atom. The lowest BCUT2D eigenvalue weighted by atomic mass is 9.93.